The van der Waals surface area contributed by atoms with Crippen LogP contribution in [-0.4, -0.2) is 24.0 Å². The number of rotatable bonds is 2. The molecule has 1 aliphatic heterocycles. The first-order valence-corrected chi connectivity index (χ1v) is 7.31. The highest BCUT2D eigenvalue weighted by Gasteiger charge is 2.39. The molecule has 0 bridgehead atoms. The van der Waals surface area contributed by atoms with Crippen LogP contribution in [0.1, 0.15) is 29.0 Å². The lowest BCUT2D eigenvalue weighted by Crippen LogP contribution is -2.37. The SMILES string of the molecule is C(=C\c1cccc2c1CCC1(C2)OCCO1)/c1ncco1. The van der Waals surface area contributed by atoms with Crippen LogP contribution in [0.3, 0.4) is 0 Å². The van der Waals surface area contributed by atoms with Crippen molar-refractivity contribution in [1.29, 1.82) is 0 Å². The molecular weight excluding hydrogens is 266 g/mol. The quantitative estimate of drug-likeness (QED) is 0.849. The van der Waals surface area contributed by atoms with Crippen molar-refractivity contribution >= 4 is 12.2 Å². The Morgan fingerprint density at radius 1 is 1.14 bits per heavy atom. The van der Waals surface area contributed by atoms with Gasteiger partial charge in [-0.05, 0) is 29.2 Å². The van der Waals surface area contributed by atoms with Crippen molar-refractivity contribution in [2.45, 2.75) is 25.0 Å². The number of ether oxygens (including phenoxy) is 2. The van der Waals surface area contributed by atoms with Gasteiger partial charge >= 0.3 is 0 Å². The molecule has 2 heterocycles. The molecule has 21 heavy (non-hydrogen) atoms. The van der Waals surface area contributed by atoms with Gasteiger partial charge in [0.15, 0.2) is 5.79 Å². The van der Waals surface area contributed by atoms with Crippen molar-refractivity contribution < 1.29 is 13.9 Å². The number of oxazole rings is 1. The van der Waals surface area contributed by atoms with E-state index in [0.717, 1.165) is 19.3 Å². The number of aromatic nitrogens is 1. The molecule has 0 unspecified atom stereocenters. The molecule has 1 aromatic carbocycles. The summed E-state index contributed by atoms with van der Waals surface area (Å²) in [5.41, 5.74) is 3.92. The molecule has 1 fully saturated rings. The summed E-state index contributed by atoms with van der Waals surface area (Å²) < 4.78 is 16.9. The molecule has 0 saturated carbocycles. The van der Waals surface area contributed by atoms with Gasteiger partial charge in [-0.3, -0.25) is 0 Å². The molecule has 108 valence electrons. The van der Waals surface area contributed by atoms with Crippen LogP contribution >= 0.6 is 0 Å². The van der Waals surface area contributed by atoms with Gasteiger partial charge in [0, 0.05) is 18.9 Å². The van der Waals surface area contributed by atoms with E-state index in [2.05, 4.69) is 29.3 Å². The van der Waals surface area contributed by atoms with Crippen molar-refractivity contribution in [3.05, 3.63) is 53.2 Å². The smallest absolute Gasteiger partial charge is 0.218 e. The first kappa shape index (κ1) is 12.8. The van der Waals surface area contributed by atoms with Gasteiger partial charge in [-0.15, -0.1) is 0 Å². The molecule has 2 aromatic rings. The third-order valence-electron chi connectivity index (χ3n) is 4.20. The van der Waals surface area contributed by atoms with E-state index in [4.69, 9.17) is 13.9 Å². The summed E-state index contributed by atoms with van der Waals surface area (Å²) in [6.45, 7) is 1.41. The monoisotopic (exact) mass is 283 g/mol. The van der Waals surface area contributed by atoms with Crippen LogP contribution in [0.2, 0.25) is 0 Å². The first-order valence-electron chi connectivity index (χ1n) is 7.31. The lowest BCUT2D eigenvalue weighted by Gasteiger charge is -2.33. The molecule has 1 spiro atoms. The minimum Gasteiger partial charge on any atom is -0.445 e. The molecule has 4 rings (SSSR count). The second kappa shape index (κ2) is 5.13. The van der Waals surface area contributed by atoms with Gasteiger partial charge in [0.2, 0.25) is 5.89 Å². The van der Waals surface area contributed by atoms with Gasteiger partial charge in [-0.25, -0.2) is 4.98 Å². The summed E-state index contributed by atoms with van der Waals surface area (Å²) in [6.07, 6.45) is 9.94. The van der Waals surface area contributed by atoms with Crippen molar-refractivity contribution in [2.24, 2.45) is 0 Å². The summed E-state index contributed by atoms with van der Waals surface area (Å²) in [4.78, 5) is 4.11. The standard InChI is InChI=1S/C17H17NO3/c1-2-13(4-5-16-18-8-9-19-16)15-6-7-17(12-14(15)3-1)20-10-11-21-17/h1-5,8-9H,6-7,10-12H2/b5-4+. The summed E-state index contributed by atoms with van der Waals surface area (Å²) in [5.74, 6) is 0.250. The first-order chi connectivity index (χ1) is 10.3. The van der Waals surface area contributed by atoms with Crippen LogP contribution in [0.25, 0.3) is 12.2 Å². The van der Waals surface area contributed by atoms with Crippen LogP contribution in [-0.2, 0) is 22.3 Å². The van der Waals surface area contributed by atoms with E-state index in [1.54, 1.807) is 12.5 Å². The Morgan fingerprint density at radius 2 is 2.05 bits per heavy atom. The third kappa shape index (κ3) is 2.41. The lowest BCUT2D eigenvalue weighted by atomic mass is 9.84. The van der Waals surface area contributed by atoms with Crippen molar-refractivity contribution in [3.8, 4) is 0 Å². The van der Waals surface area contributed by atoms with Gasteiger partial charge < -0.3 is 13.9 Å². The predicted molar refractivity (Wildman–Crippen MR) is 78.5 cm³/mol. The fourth-order valence-corrected chi connectivity index (χ4v) is 3.20. The number of benzene rings is 1. The summed E-state index contributed by atoms with van der Waals surface area (Å²) in [6, 6.07) is 6.39. The van der Waals surface area contributed by atoms with Crippen molar-refractivity contribution in [1.82, 2.24) is 4.98 Å². The second-order valence-corrected chi connectivity index (χ2v) is 5.47. The van der Waals surface area contributed by atoms with Gasteiger partial charge in [-0.2, -0.15) is 0 Å². The molecular formula is C17H17NO3. The molecule has 0 atom stereocenters. The molecule has 4 nitrogen and oxygen atoms in total. The van der Waals surface area contributed by atoms with Gasteiger partial charge in [0.1, 0.15) is 6.26 Å². The Bertz CT molecular complexity index is 655. The largest absolute Gasteiger partial charge is 0.445 e. The van der Waals surface area contributed by atoms with Crippen molar-refractivity contribution in [2.75, 3.05) is 13.2 Å². The van der Waals surface area contributed by atoms with Crippen LogP contribution in [0.4, 0.5) is 0 Å². The molecule has 0 radical (unpaired) electrons. The lowest BCUT2D eigenvalue weighted by molar-refractivity contribution is -0.163. The normalized spacial score (nSPS) is 20.2. The predicted octanol–water partition coefficient (Wildman–Crippen LogP) is 3.08. The van der Waals surface area contributed by atoms with Gasteiger partial charge in [0.25, 0.3) is 0 Å². The summed E-state index contributed by atoms with van der Waals surface area (Å²) in [7, 11) is 0. The maximum absolute atomic E-state index is 5.83. The number of hydrogen-bond acceptors (Lipinski definition) is 4. The fourth-order valence-electron chi connectivity index (χ4n) is 3.20. The number of nitrogens with zero attached hydrogens (tertiary/aromatic N) is 1. The second-order valence-electron chi connectivity index (χ2n) is 5.47. The zero-order valence-corrected chi connectivity index (χ0v) is 11.7. The molecule has 1 aromatic heterocycles. The summed E-state index contributed by atoms with van der Waals surface area (Å²) in [5, 5.41) is 0. The highest BCUT2D eigenvalue weighted by molar-refractivity contribution is 5.69. The zero-order chi connectivity index (χ0) is 14.1. The molecule has 4 heteroatoms. The highest BCUT2D eigenvalue weighted by Crippen LogP contribution is 2.36. The average molecular weight is 283 g/mol. The van der Waals surface area contributed by atoms with Crippen LogP contribution < -0.4 is 0 Å². The van der Waals surface area contributed by atoms with E-state index >= 15 is 0 Å². The summed E-state index contributed by atoms with van der Waals surface area (Å²) >= 11 is 0. The van der Waals surface area contributed by atoms with Gasteiger partial charge in [-0.1, -0.05) is 18.2 Å². The number of fused-ring (bicyclic) bond motifs is 1. The Labute approximate surface area is 123 Å². The Hall–Kier alpha value is -1.91. The minimum absolute atomic E-state index is 0.377. The minimum atomic E-state index is -0.377. The maximum atomic E-state index is 5.83. The molecule has 0 N–H and O–H groups in total. The highest BCUT2D eigenvalue weighted by atomic mass is 16.7. The average Bonchev–Trinajstić information content (AvgIpc) is 3.17. The van der Waals surface area contributed by atoms with Crippen LogP contribution in [0, 0.1) is 0 Å². The van der Waals surface area contributed by atoms with E-state index in [-0.39, 0.29) is 5.79 Å². The maximum Gasteiger partial charge on any atom is 0.218 e. The Morgan fingerprint density at radius 3 is 2.86 bits per heavy atom. The topological polar surface area (TPSA) is 44.5 Å². The molecule has 1 aliphatic carbocycles. The Kier molecular flexibility index (Phi) is 3.13. The van der Waals surface area contributed by atoms with E-state index in [1.807, 2.05) is 6.08 Å². The Balaban J connectivity index is 1.63. The van der Waals surface area contributed by atoms with Crippen LogP contribution in [0.5, 0.6) is 0 Å². The molecule has 1 saturated heterocycles. The molecule has 0 amide bonds. The van der Waals surface area contributed by atoms with E-state index < -0.39 is 0 Å². The zero-order valence-electron chi connectivity index (χ0n) is 11.7. The van der Waals surface area contributed by atoms with Crippen LogP contribution in [0.15, 0.2) is 35.1 Å². The third-order valence-corrected chi connectivity index (χ3v) is 4.20. The molecule has 2 aliphatic rings. The van der Waals surface area contributed by atoms with E-state index in [9.17, 15) is 0 Å². The number of hydrogen-bond donors (Lipinski definition) is 0. The van der Waals surface area contributed by atoms with E-state index in [1.165, 1.54) is 16.7 Å². The van der Waals surface area contributed by atoms with Crippen molar-refractivity contribution in [3.63, 3.8) is 0 Å². The fraction of sp³-hybridized carbons (Fsp3) is 0.353. The van der Waals surface area contributed by atoms with E-state index in [0.29, 0.717) is 19.1 Å². The van der Waals surface area contributed by atoms with Gasteiger partial charge in [0.05, 0.1) is 19.4 Å².